The SMILES string of the molecule is N#Cc1cccc(CN2CCC(=O)CC2=O)c1. The van der Waals surface area contributed by atoms with Crippen molar-refractivity contribution in [3.63, 3.8) is 0 Å². The van der Waals surface area contributed by atoms with Gasteiger partial charge in [0.05, 0.1) is 18.1 Å². The minimum atomic E-state index is -0.122. The predicted molar refractivity (Wildman–Crippen MR) is 60.8 cm³/mol. The molecule has 0 radical (unpaired) electrons. The average Bonchev–Trinajstić information content (AvgIpc) is 2.33. The van der Waals surface area contributed by atoms with E-state index in [-0.39, 0.29) is 18.1 Å². The number of likely N-dealkylation sites (tertiary alicyclic amines) is 1. The van der Waals surface area contributed by atoms with Crippen molar-refractivity contribution in [1.29, 1.82) is 5.26 Å². The largest absolute Gasteiger partial charge is 0.338 e. The third kappa shape index (κ3) is 2.70. The van der Waals surface area contributed by atoms with Gasteiger partial charge in [-0.1, -0.05) is 12.1 Å². The van der Waals surface area contributed by atoms with Crippen LogP contribution in [0.4, 0.5) is 0 Å². The van der Waals surface area contributed by atoms with Gasteiger partial charge in [0.15, 0.2) is 0 Å². The lowest BCUT2D eigenvalue weighted by atomic mass is 10.1. The fourth-order valence-electron chi connectivity index (χ4n) is 1.88. The molecule has 0 unspecified atom stereocenters. The molecule has 1 aromatic carbocycles. The second-order valence-electron chi connectivity index (χ2n) is 4.09. The van der Waals surface area contributed by atoms with Crippen molar-refractivity contribution in [2.24, 2.45) is 0 Å². The molecule has 4 nitrogen and oxygen atoms in total. The van der Waals surface area contributed by atoms with Crippen LogP contribution in [0.25, 0.3) is 0 Å². The Morgan fingerprint density at radius 1 is 1.35 bits per heavy atom. The van der Waals surface area contributed by atoms with E-state index >= 15 is 0 Å². The zero-order valence-corrected chi connectivity index (χ0v) is 9.35. The van der Waals surface area contributed by atoms with E-state index in [1.54, 1.807) is 23.1 Å². The summed E-state index contributed by atoms with van der Waals surface area (Å²) in [4.78, 5) is 24.3. The Morgan fingerprint density at radius 3 is 2.88 bits per heavy atom. The Morgan fingerprint density at radius 2 is 2.18 bits per heavy atom. The Kier molecular flexibility index (Phi) is 3.20. The molecule has 1 amide bonds. The van der Waals surface area contributed by atoms with Crippen molar-refractivity contribution in [2.75, 3.05) is 6.54 Å². The molecule has 1 heterocycles. The van der Waals surface area contributed by atoms with E-state index in [2.05, 4.69) is 6.07 Å². The number of amides is 1. The van der Waals surface area contributed by atoms with Gasteiger partial charge in [0.2, 0.25) is 5.91 Å². The molecule has 1 aliphatic heterocycles. The lowest BCUT2D eigenvalue weighted by molar-refractivity contribution is -0.139. The third-order valence-corrected chi connectivity index (χ3v) is 2.79. The molecule has 17 heavy (non-hydrogen) atoms. The summed E-state index contributed by atoms with van der Waals surface area (Å²) in [5.41, 5.74) is 1.51. The molecule has 0 N–H and O–H groups in total. The topological polar surface area (TPSA) is 61.2 Å². The summed E-state index contributed by atoms with van der Waals surface area (Å²) < 4.78 is 0. The molecule has 1 aliphatic rings. The summed E-state index contributed by atoms with van der Waals surface area (Å²) in [6.07, 6.45) is 0.446. The minimum Gasteiger partial charge on any atom is -0.338 e. The Labute approximate surface area is 99.5 Å². The van der Waals surface area contributed by atoms with Crippen LogP contribution in [-0.4, -0.2) is 23.1 Å². The summed E-state index contributed by atoms with van der Waals surface area (Å²) in [7, 11) is 0. The highest BCUT2D eigenvalue weighted by Crippen LogP contribution is 2.13. The van der Waals surface area contributed by atoms with Crippen LogP contribution >= 0.6 is 0 Å². The maximum Gasteiger partial charge on any atom is 0.230 e. The summed E-state index contributed by atoms with van der Waals surface area (Å²) in [6.45, 7) is 0.954. The molecule has 0 atom stereocenters. The first-order valence-electron chi connectivity index (χ1n) is 5.47. The molecule has 4 heteroatoms. The van der Waals surface area contributed by atoms with Gasteiger partial charge in [-0.3, -0.25) is 9.59 Å². The number of carbonyl (C=O) groups excluding carboxylic acids is 2. The molecule has 0 saturated carbocycles. The van der Waals surface area contributed by atoms with Gasteiger partial charge in [0.25, 0.3) is 0 Å². The second kappa shape index (κ2) is 4.79. The monoisotopic (exact) mass is 228 g/mol. The average molecular weight is 228 g/mol. The van der Waals surface area contributed by atoms with Crippen LogP contribution in [0.15, 0.2) is 24.3 Å². The van der Waals surface area contributed by atoms with Crippen molar-refractivity contribution < 1.29 is 9.59 Å². The quantitative estimate of drug-likeness (QED) is 0.716. The first kappa shape index (κ1) is 11.3. The van der Waals surface area contributed by atoms with Crippen LogP contribution in [0, 0.1) is 11.3 Å². The first-order chi connectivity index (χ1) is 8.19. The third-order valence-electron chi connectivity index (χ3n) is 2.79. The number of nitrogens with zero attached hydrogens (tertiary/aromatic N) is 2. The lowest BCUT2D eigenvalue weighted by Gasteiger charge is -2.26. The summed E-state index contributed by atoms with van der Waals surface area (Å²) in [5.74, 6) is -0.111. The molecule has 0 spiro atoms. The van der Waals surface area contributed by atoms with E-state index in [0.29, 0.717) is 25.1 Å². The van der Waals surface area contributed by atoms with E-state index in [4.69, 9.17) is 5.26 Å². The van der Waals surface area contributed by atoms with Gasteiger partial charge in [-0.2, -0.15) is 5.26 Å². The summed E-state index contributed by atoms with van der Waals surface area (Å²) in [6, 6.07) is 9.24. The van der Waals surface area contributed by atoms with Gasteiger partial charge >= 0.3 is 0 Å². The molecule has 0 bridgehead atoms. The molecular formula is C13H12N2O2. The van der Waals surface area contributed by atoms with Gasteiger partial charge in [0, 0.05) is 19.5 Å². The fourth-order valence-corrected chi connectivity index (χ4v) is 1.88. The number of ketones is 1. The van der Waals surface area contributed by atoms with E-state index < -0.39 is 0 Å². The van der Waals surface area contributed by atoms with Crippen molar-refractivity contribution in [1.82, 2.24) is 4.90 Å². The molecule has 1 aromatic rings. The molecule has 0 aromatic heterocycles. The van der Waals surface area contributed by atoms with Crippen LogP contribution < -0.4 is 0 Å². The maximum absolute atomic E-state index is 11.6. The first-order valence-corrected chi connectivity index (χ1v) is 5.47. The smallest absolute Gasteiger partial charge is 0.230 e. The number of piperidine rings is 1. The van der Waals surface area contributed by atoms with Gasteiger partial charge in [0.1, 0.15) is 5.78 Å². The maximum atomic E-state index is 11.6. The Balaban J connectivity index is 2.08. The summed E-state index contributed by atoms with van der Waals surface area (Å²) >= 11 is 0. The van der Waals surface area contributed by atoms with Crippen molar-refractivity contribution >= 4 is 11.7 Å². The van der Waals surface area contributed by atoms with E-state index in [1.807, 2.05) is 6.07 Å². The number of hydrogen-bond acceptors (Lipinski definition) is 3. The van der Waals surface area contributed by atoms with Crippen LogP contribution in [0.1, 0.15) is 24.0 Å². The molecule has 2 rings (SSSR count). The molecule has 1 fully saturated rings. The van der Waals surface area contributed by atoms with Gasteiger partial charge in [-0.15, -0.1) is 0 Å². The zero-order chi connectivity index (χ0) is 12.3. The van der Waals surface area contributed by atoms with E-state index in [9.17, 15) is 9.59 Å². The van der Waals surface area contributed by atoms with Crippen molar-refractivity contribution in [3.05, 3.63) is 35.4 Å². The molecule has 1 saturated heterocycles. The second-order valence-corrected chi connectivity index (χ2v) is 4.09. The number of nitriles is 1. The number of hydrogen-bond donors (Lipinski definition) is 0. The predicted octanol–water partition coefficient (Wildman–Crippen LogP) is 1.25. The summed E-state index contributed by atoms with van der Waals surface area (Å²) in [5, 5.41) is 8.78. The molecule has 86 valence electrons. The number of rotatable bonds is 2. The number of Topliss-reactive ketones (excluding diaryl/α,β-unsaturated/α-hetero) is 1. The highest BCUT2D eigenvalue weighted by Gasteiger charge is 2.23. The van der Waals surface area contributed by atoms with Crippen LogP contribution in [-0.2, 0) is 16.1 Å². The van der Waals surface area contributed by atoms with E-state index in [0.717, 1.165) is 5.56 Å². The van der Waals surface area contributed by atoms with Crippen molar-refractivity contribution in [2.45, 2.75) is 19.4 Å². The van der Waals surface area contributed by atoms with Crippen LogP contribution in [0.2, 0.25) is 0 Å². The minimum absolute atomic E-state index is 0.0111. The highest BCUT2D eigenvalue weighted by atomic mass is 16.2. The van der Waals surface area contributed by atoms with Gasteiger partial charge in [-0.25, -0.2) is 0 Å². The zero-order valence-electron chi connectivity index (χ0n) is 9.35. The van der Waals surface area contributed by atoms with Crippen LogP contribution in [0.5, 0.6) is 0 Å². The van der Waals surface area contributed by atoms with Gasteiger partial charge < -0.3 is 4.90 Å². The molecular weight excluding hydrogens is 216 g/mol. The Bertz CT molecular complexity index is 502. The Hall–Kier alpha value is -2.15. The lowest BCUT2D eigenvalue weighted by Crippen LogP contribution is -2.38. The number of carbonyl (C=O) groups is 2. The van der Waals surface area contributed by atoms with Gasteiger partial charge in [-0.05, 0) is 17.7 Å². The van der Waals surface area contributed by atoms with Crippen LogP contribution in [0.3, 0.4) is 0 Å². The van der Waals surface area contributed by atoms with E-state index in [1.165, 1.54) is 0 Å². The fraction of sp³-hybridized carbons (Fsp3) is 0.308. The highest BCUT2D eigenvalue weighted by molar-refractivity contribution is 6.00. The normalized spacial score (nSPS) is 15.8. The molecule has 0 aliphatic carbocycles. The van der Waals surface area contributed by atoms with Crippen molar-refractivity contribution in [3.8, 4) is 6.07 Å². The standard InChI is InChI=1S/C13H12N2O2/c14-8-10-2-1-3-11(6-10)9-15-5-4-12(16)7-13(15)17/h1-3,6H,4-5,7,9H2. The number of benzene rings is 1.